The van der Waals surface area contributed by atoms with Crippen molar-refractivity contribution < 1.29 is 9.13 Å². The summed E-state index contributed by atoms with van der Waals surface area (Å²) in [6.07, 6.45) is 4.58. The lowest BCUT2D eigenvalue weighted by atomic mass is 9.88. The Hall–Kier alpha value is -1.09. The van der Waals surface area contributed by atoms with Crippen molar-refractivity contribution in [2.45, 2.75) is 45.3 Å². The van der Waals surface area contributed by atoms with Crippen LogP contribution in [0, 0.1) is 11.7 Å². The number of halogens is 1. The van der Waals surface area contributed by atoms with E-state index in [1.807, 2.05) is 6.07 Å². The summed E-state index contributed by atoms with van der Waals surface area (Å²) >= 11 is 0. The third-order valence-corrected chi connectivity index (χ3v) is 3.44. The van der Waals surface area contributed by atoms with Crippen molar-refractivity contribution in [1.29, 1.82) is 0 Å². The summed E-state index contributed by atoms with van der Waals surface area (Å²) in [4.78, 5) is 0. The number of nitrogens with two attached hydrogens (primary N) is 1. The molecule has 0 bridgehead atoms. The molecule has 1 aromatic carbocycles. The molecule has 2 nitrogen and oxygen atoms in total. The largest absolute Gasteiger partial charge is 0.487 e. The Labute approximate surface area is 102 Å². The maximum Gasteiger partial charge on any atom is 0.165 e. The first-order valence-corrected chi connectivity index (χ1v) is 6.34. The molecule has 0 amide bonds. The van der Waals surface area contributed by atoms with Crippen molar-refractivity contribution in [3.8, 4) is 5.75 Å². The maximum atomic E-state index is 13.7. The number of hydrogen-bond donors (Lipinski definition) is 1. The Morgan fingerprint density at radius 3 is 2.94 bits per heavy atom. The second kappa shape index (κ2) is 5.50. The van der Waals surface area contributed by atoms with Crippen molar-refractivity contribution in [3.05, 3.63) is 29.6 Å². The molecule has 17 heavy (non-hydrogen) atoms. The number of hydrogen-bond acceptors (Lipinski definition) is 2. The Kier molecular flexibility index (Phi) is 4.00. The molecule has 2 rings (SSSR count). The molecule has 0 saturated heterocycles. The van der Waals surface area contributed by atoms with Crippen LogP contribution in [0.2, 0.25) is 0 Å². The van der Waals surface area contributed by atoms with E-state index in [2.05, 4.69) is 6.92 Å². The lowest BCUT2D eigenvalue weighted by Gasteiger charge is -2.28. The second-order valence-corrected chi connectivity index (χ2v) is 4.94. The van der Waals surface area contributed by atoms with E-state index < -0.39 is 0 Å². The normalized spacial score (nSPS) is 24.6. The monoisotopic (exact) mass is 237 g/mol. The van der Waals surface area contributed by atoms with Gasteiger partial charge < -0.3 is 10.5 Å². The molecule has 1 aliphatic rings. The maximum absolute atomic E-state index is 13.7. The second-order valence-electron chi connectivity index (χ2n) is 4.94. The van der Waals surface area contributed by atoms with Gasteiger partial charge in [-0.15, -0.1) is 0 Å². The molecule has 94 valence electrons. The first-order valence-electron chi connectivity index (χ1n) is 6.34. The fourth-order valence-corrected chi connectivity index (χ4v) is 2.50. The average molecular weight is 237 g/mol. The SMILES string of the molecule is CC1CCCC(Oc2c(F)cccc2CN)C1. The molecule has 1 fully saturated rings. The molecule has 3 heteroatoms. The summed E-state index contributed by atoms with van der Waals surface area (Å²) in [5.41, 5.74) is 6.36. The molecule has 0 spiro atoms. The third-order valence-electron chi connectivity index (χ3n) is 3.44. The quantitative estimate of drug-likeness (QED) is 0.876. The van der Waals surface area contributed by atoms with E-state index in [-0.39, 0.29) is 11.9 Å². The molecule has 0 aliphatic heterocycles. The average Bonchev–Trinajstić information content (AvgIpc) is 2.32. The van der Waals surface area contributed by atoms with Gasteiger partial charge in [0, 0.05) is 12.1 Å². The molecule has 1 aromatic rings. The van der Waals surface area contributed by atoms with Gasteiger partial charge in [0.15, 0.2) is 11.6 Å². The minimum Gasteiger partial charge on any atom is -0.487 e. The van der Waals surface area contributed by atoms with Crippen LogP contribution in [0.5, 0.6) is 5.75 Å². The summed E-state index contributed by atoms with van der Waals surface area (Å²) in [6.45, 7) is 2.54. The van der Waals surface area contributed by atoms with Crippen LogP contribution in [-0.4, -0.2) is 6.10 Å². The number of para-hydroxylation sites is 1. The molecular weight excluding hydrogens is 217 g/mol. The topological polar surface area (TPSA) is 35.2 Å². The van der Waals surface area contributed by atoms with Crippen LogP contribution >= 0.6 is 0 Å². The van der Waals surface area contributed by atoms with E-state index in [4.69, 9.17) is 10.5 Å². The Morgan fingerprint density at radius 2 is 2.24 bits per heavy atom. The van der Waals surface area contributed by atoms with Gasteiger partial charge in [-0.25, -0.2) is 4.39 Å². The molecule has 2 N–H and O–H groups in total. The first-order chi connectivity index (χ1) is 8.20. The molecule has 1 saturated carbocycles. The number of ether oxygens (including phenoxy) is 1. The highest BCUT2D eigenvalue weighted by Crippen LogP contribution is 2.30. The van der Waals surface area contributed by atoms with Gasteiger partial charge in [-0.3, -0.25) is 0 Å². The Morgan fingerprint density at radius 1 is 1.41 bits per heavy atom. The third kappa shape index (κ3) is 2.97. The predicted molar refractivity (Wildman–Crippen MR) is 66.3 cm³/mol. The van der Waals surface area contributed by atoms with Crippen LogP contribution in [0.15, 0.2) is 18.2 Å². The summed E-state index contributed by atoms with van der Waals surface area (Å²) < 4.78 is 19.5. The van der Waals surface area contributed by atoms with E-state index in [0.29, 0.717) is 18.2 Å². The minimum absolute atomic E-state index is 0.140. The van der Waals surface area contributed by atoms with Crippen molar-refractivity contribution in [3.63, 3.8) is 0 Å². The van der Waals surface area contributed by atoms with Crippen molar-refractivity contribution in [2.24, 2.45) is 11.7 Å². The van der Waals surface area contributed by atoms with E-state index >= 15 is 0 Å². The molecule has 0 heterocycles. The van der Waals surface area contributed by atoms with Crippen LogP contribution < -0.4 is 10.5 Å². The van der Waals surface area contributed by atoms with Gasteiger partial charge in [-0.05, 0) is 31.2 Å². The van der Waals surface area contributed by atoms with Gasteiger partial charge in [0.05, 0.1) is 6.10 Å². The van der Waals surface area contributed by atoms with E-state index in [1.165, 1.54) is 12.5 Å². The molecule has 1 aliphatic carbocycles. The highest BCUT2D eigenvalue weighted by molar-refractivity contribution is 5.35. The van der Waals surface area contributed by atoms with Crippen LogP contribution in [0.1, 0.15) is 38.2 Å². The molecule has 2 atom stereocenters. The van der Waals surface area contributed by atoms with Gasteiger partial charge in [0.25, 0.3) is 0 Å². The van der Waals surface area contributed by atoms with Gasteiger partial charge in [0.1, 0.15) is 0 Å². The fraction of sp³-hybridized carbons (Fsp3) is 0.571. The van der Waals surface area contributed by atoms with Crippen LogP contribution in [-0.2, 0) is 6.54 Å². The highest BCUT2D eigenvalue weighted by atomic mass is 19.1. The summed E-state index contributed by atoms with van der Waals surface area (Å²) in [5.74, 6) is 0.724. The van der Waals surface area contributed by atoms with Crippen molar-refractivity contribution in [2.75, 3.05) is 0 Å². The van der Waals surface area contributed by atoms with Gasteiger partial charge in [-0.2, -0.15) is 0 Å². The summed E-state index contributed by atoms with van der Waals surface area (Å²) in [6, 6.07) is 4.93. The molecule has 2 unspecified atom stereocenters. The predicted octanol–water partition coefficient (Wildman–Crippen LogP) is 3.24. The zero-order valence-corrected chi connectivity index (χ0v) is 10.3. The van der Waals surface area contributed by atoms with Gasteiger partial charge in [0.2, 0.25) is 0 Å². The summed E-state index contributed by atoms with van der Waals surface area (Å²) in [7, 11) is 0. The highest BCUT2D eigenvalue weighted by Gasteiger charge is 2.22. The molecular formula is C14H20FNO. The zero-order valence-electron chi connectivity index (χ0n) is 10.3. The standard InChI is InChI=1S/C14H20FNO/c1-10-4-2-6-12(8-10)17-14-11(9-16)5-3-7-13(14)15/h3,5,7,10,12H,2,4,6,8-9,16H2,1H3. The van der Waals surface area contributed by atoms with Gasteiger partial charge in [-0.1, -0.05) is 25.5 Å². The van der Waals surface area contributed by atoms with E-state index in [9.17, 15) is 4.39 Å². The summed E-state index contributed by atoms with van der Waals surface area (Å²) in [5, 5.41) is 0. The number of rotatable bonds is 3. The van der Waals surface area contributed by atoms with Crippen molar-refractivity contribution in [1.82, 2.24) is 0 Å². The lowest BCUT2D eigenvalue weighted by molar-refractivity contribution is 0.123. The Balaban J connectivity index is 2.12. The zero-order chi connectivity index (χ0) is 12.3. The number of benzene rings is 1. The van der Waals surface area contributed by atoms with Crippen molar-refractivity contribution >= 4 is 0 Å². The van der Waals surface area contributed by atoms with E-state index in [0.717, 1.165) is 24.8 Å². The Bertz CT molecular complexity index is 380. The van der Waals surface area contributed by atoms with Crippen LogP contribution in [0.25, 0.3) is 0 Å². The van der Waals surface area contributed by atoms with Gasteiger partial charge >= 0.3 is 0 Å². The fourth-order valence-electron chi connectivity index (χ4n) is 2.50. The van der Waals surface area contributed by atoms with Crippen LogP contribution in [0.4, 0.5) is 4.39 Å². The smallest absolute Gasteiger partial charge is 0.165 e. The minimum atomic E-state index is -0.300. The molecule has 0 aromatic heterocycles. The van der Waals surface area contributed by atoms with Crippen LogP contribution in [0.3, 0.4) is 0 Å². The lowest BCUT2D eigenvalue weighted by Crippen LogP contribution is -2.25. The van der Waals surface area contributed by atoms with E-state index in [1.54, 1.807) is 6.07 Å². The molecule has 0 radical (unpaired) electrons. The first kappa shape index (κ1) is 12.4.